The maximum atomic E-state index is 12.1. The van der Waals surface area contributed by atoms with Gasteiger partial charge >= 0.3 is 12.1 Å². The number of amides is 2. The van der Waals surface area contributed by atoms with Gasteiger partial charge in [-0.3, -0.25) is 4.79 Å². The average molecular weight is 291 g/mol. The van der Waals surface area contributed by atoms with Crippen molar-refractivity contribution in [3.8, 4) is 0 Å². The second-order valence-corrected chi connectivity index (χ2v) is 5.01. The molecule has 0 aromatic heterocycles. The lowest BCUT2D eigenvalue weighted by Crippen LogP contribution is -2.35. The van der Waals surface area contributed by atoms with Crippen LogP contribution in [0.5, 0.6) is 0 Å². The maximum Gasteiger partial charge on any atom is 0.416 e. The lowest BCUT2D eigenvalue weighted by atomic mass is 10.00. The zero-order valence-electron chi connectivity index (χ0n) is 12.3. The van der Waals surface area contributed by atoms with E-state index in [0.717, 1.165) is 21.6 Å². The fourth-order valence-corrected chi connectivity index (χ4v) is 2.40. The predicted molar refractivity (Wildman–Crippen MR) is 74.0 cm³/mol. The largest absolute Gasteiger partial charge is 0.452 e. The van der Waals surface area contributed by atoms with Crippen LogP contribution in [0.15, 0.2) is 12.1 Å². The number of nitrogens with zero attached hydrogens (tertiary/aromatic N) is 1. The van der Waals surface area contributed by atoms with Crippen molar-refractivity contribution in [2.75, 3.05) is 19.8 Å². The van der Waals surface area contributed by atoms with Crippen LogP contribution < -0.4 is 0 Å². The molecule has 1 aromatic carbocycles. The van der Waals surface area contributed by atoms with E-state index in [1.165, 1.54) is 0 Å². The lowest BCUT2D eigenvalue weighted by molar-refractivity contribution is -0.131. The first-order valence-electron chi connectivity index (χ1n) is 6.62. The van der Waals surface area contributed by atoms with E-state index in [1.807, 2.05) is 32.9 Å². The molecule has 1 aromatic rings. The van der Waals surface area contributed by atoms with Gasteiger partial charge in [-0.25, -0.2) is 14.5 Å². The molecular weight excluding hydrogens is 274 g/mol. The lowest BCUT2D eigenvalue weighted by Gasteiger charge is -2.13. The highest BCUT2D eigenvalue weighted by molar-refractivity contribution is 5.97. The second kappa shape index (κ2) is 5.95. The molecule has 2 amide bonds. The van der Waals surface area contributed by atoms with Crippen LogP contribution in [-0.4, -0.2) is 42.6 Å². The van der Waals surface area contributed by atoms with Crippen LogP contribution in [0.1, 0.15) is 27.0 Å². The van der Waals surface area contributed by atoms with E-state index in [4.69, 9.17) is 4.74 Å². The summed E-state index contributed by atoms with van der Waals surface area (Å²) in [6, 6.07) is 3.76. The Labute approximate surface area is 122 Å². The van der Waals surface area contributed by atoms with Crippen molar-refractivity contribution in [3.05, 3.63) is 34.4 Å². The van der Waals surface area contributed by atoms with E-state index < -0.39 is 24.6 Å². The number of benzene rings is 1. The number of rotatable bonds is 3. The molecule has 1 aliphatic rings. The van der Waals surface area contributed by atoms with E-state index in [2.05, 4.69) is 4.74 Å². The van der Waals surface area contributed by atoms with E-state index in [1.54, 1.807) is 0 Å². The van der Waals surface area contributed by atoms with Gasteiger partial charge in [-0.2, -0.15) is 0 Å². The monoisotopic (exact) mass is 291 g/mol. The van der Waals surface area contributed by atoms with Gasteiger partial charge in [-0.15, -0.1) is 0 Å². The molecule has 2 rings (SSSR count). The normalized spacial score (nSPS) is 14.0. The molecule has 0 aliphatic carbocycles. The Morgan fingerprint density at radius 2 is 1.86 bits per heavy atom. The second-order valence-electron chi connectivity index (χ2n) is 5.01. The van der Waals surface area contributed by atoms with E-state index in [9.17, 15) is 14.4 Å². The molecule has 0 spiro atoms. The first kappa shape index (κ1) is 15.0. The Balaban J connectivity index is 2.02. The van der Waals surface area contributed by atoms with Crippen LogP contribution in [0.2, 0.25) is 0 Å². The van der Waals surface area contributed by atoms with Crippen LogP contribution in [0.4, 0.5) is 4.79 Å². The first-order valence-corrected chi connectivity index (χ1v) is 6.62. The number of imide groups is 1. The van der Waals surface area contributed by atoms with Crippen molar-refractivity contribution in [1.29, 1.82) is 0 Å². The van der Waals surface area contributed by atoms with Gasteiger partial charge in [0.1, 0.15) is 6.61 Å². The van der Waals surface area contributed by atoms with Crippen molar-refractivity contribution >= 4 is 18.0 Å². The molecule has 112 valence electrons. The van der Waals surface area contributed by atoms with Crippen LogP contribution in [0, 0.1) is 20.8 Å². The van der Waals surface area contributed by atoms with Crippen molar-refractivity contribution in [2.24, 2.45) is 0 Å². The summed E-state index contributed by atoms with van der Waals surface area (Å²) in [4.78, 5) is 36.0. The summed E-state index contributed by atoms with van der Waals surface area (Å²) in [5.41, 5.74) is 3.10. The standard InChI is InChI=1S/C15H17NO5/c1-9-6-10(2)13(11(3)7-9)14(18)21-8-12(17)16-4-5-20-15(16)19/h6-7H,4-5,8H2,1-3H3. The number of hydrogen-bond donors (Lipinski definition) is 0. The predicted octanol–water partition coefficient (Wildman–Crippen LogP) is 1.75. The Kier molecular flexibility index (Phi) is 4.26. The number of ether oxygens (including phenoxy) is 2. The molecule has 1 aliphatic heterocycles. The molecule has 6 heteroatoms. The minimum Gasteiger partial charge on any atom is -0.452 e. The molecule has 1 fully saturated rings. The molecule has 0 unspecified atom stereocenters. The Morgan fingerprint density at radius 1 is 1.24 bits per heavy atom. The van der Waals surface area contributed by atoms with Gasteiger partial charge in [-0.05, 0) is 31.9 Å². The Morgan fingerprint density at radius 3 is 2.38 bits per heavy atom. The van der Waals surface area contributed by atoms with E-state index in [0.29, 0.717) is 5.56 Å². The summed E-state index contributed by atoms with van der Waals surface area (Å²) in [6.45, 7) is 5.47. The molecule has 21 heavy (non-hydrogen) atoms. The molecule has 0 saturated carbocycles. The quantitative estimate of drug-likeness (QED) is 0.793. The summed E-state index contributed by atoms with van der Waals surface area (Å²) in [7, 11) is 0. The van der Waals surface area contributed by atoms with Gasteiger partial charge in [0.15, 0.2) is 6.61 Å². The van der Waals surface area contributed by atoms with Gasteiger partial charge in [0.2, 0.25) is 0 Å². The third kappa shape index (κ3) is 3.21. The summed E-state index contributed by atoms with van der Waals surface area (Å²) in [5.74, 6) is -1.14. The number of aryl methyl sites for hydroxylation is 3. The number of hydrogen-bond acceptors (Lipinski definition) is 5. The van der Waals surface area contributed by atoms with E-state index in [-0.39, 0.29) is 13.2 Å². The third-order valence-corrected chi connectivity index (χ3v) is 3.27. The average Bonchev–Trinajstić information content (AvgIpc) is 2.81. The smallest absolute Gasteiger partial charge is 0.416 e. The number of carbonyl (C=O) groups is 3. The van der Waals surface area contributed by atoms with Gasteiger partial charge in [0.25, 0.3) is 5.91 Å². The molecule has 0 radical (unpaired) electrons. The van der Waals surface area contributed by atoms with Gasteiger partial charge < -0.3 is 9.47 Å². The molecule has 0 atom stereocenters. The summed E-state index contributed by atoms with van der Waals surface area (Å²) in [5, 5.41) is 0. The van der Waals surface area contributed by atoms with Crippen LogP contribution in [0.25, 0.3) is 0 Å². The van der Waals surface area contributed by atoms with E-state index >= 15 is 0 Å². The Bertz CT molecular complexity index is 585. The minimum absolute atomic E-state index is 0.175. The minimum atomic E-state index is -0.696. The highest BCUT2D eigenvalue weighted by Crippen LogP contribution is 2.17. The maximum absolute atomic E-state index is 12.1. The molecule has 0 N–H and O–H groups in total. The number of carbonyl (C=O) groups excluding carboxylic acids is 3. The summed E-state index contributed by atoms with van der Waals surface area (Å²) < 4.78 is 9.67. The first-order chi connectivity index (χ1) is 9.90. The van der Waals surface area contributed by atoms with Crippen molar-refractivity contribution in [3.63, 3.8) is 0 Å². The van der Waals surface area contributed by atoms with Crippen LogP contribution in [-0.2, 0) is 14.3 Å². The third-order valence-electron chi connectivity index (χ3n) is 3.27. The zero-order chi connectivity index (χ0) is 15.6. The SMILES string of the molecule is Cc1cc(C)c(C(=O)OCC(=O)N2CCOC2=O)c(C)c1. The van der Waals surface area contributed by atoms with Crippen LogP contribution >= 0.6 is 0 Å². The number of esters is 1. The molecule has 0 bridgehead atoms. The fourth-order valence-electron chi connectivity index (χ4n) is 2.40. The summed E-state index contributed by atoms with van der Waals surface area (Å²) in [6.07, 6.45) is -0.696. The highest BCUT2D eigenvalue weighted by atomic mass is 16.6. The van der Waals surface area contributed by atoms with Crippen molar-refractivity contribution < 1.29 is 23.9 Å². The number of cyclic esters (lactones) is 1. The van der Waals surface area contributed by atoms with Crippen LogP contribution in [0.3, 0.4) is 0 Å². The topological polar surface area (TPSA) is 72.9 Å². The highest BCUT2D eigenvalue weighted by Gasteiger charge is 2.29. The molecule has 1 saturated heterocycles. The van der Waals surface area contributed by atoms with Gasteiger partial charge in [0, 0.05) is 0 Å². The van der Waals surface area contributed by atoms with Crippen molar-refractivity contribution in [1.82, 2.24) is 4.90 Å². The fraction of sp³-hybridized carbons (Fsp3) is 0.400. The Hall–Kier alpha value is -2.37. The molecular formula is C15H17NO5. The molecule has 6 nitrogen and oxygen atoms in total. The zero-order valence-corrected chi connectivity index (χ0v) is 12.3. The van der Waals surface area contributed by atoms with Gasteiger partial charge in [0.05, 0.1) is 12.1 Å². The molecule has 1 heterocycles. The van der Waals surface area contributed by atoms with Gasteiger partial charge in [-0.1, -0.05) is 17.7 Å². The van der Waals surface area contributed by atoms with Crippen molar-refractivity contribution in [2.45, 2.75) is 20.8 Å². The summed E-state index contributed by atoms with van der Waals surface area (Å²) >= 11 is 0.